The van der Waals surface area contributed by atoms with Gasteiger partial charge in [-0.05, 0) is 18.8 Å². The van der Waals surface area contributed by atoms with Crippen LogP contribution < -0.4 is 10.2 Å². The lowest BCUT2D eigenvalue weighted by molar-refractivity contribution is -0.945. The summed E-state index contributed by atoms with van der Waals surface area (Å²) in [7, 11) is 0. The van der Waals surface area contributed by atoms with Gasteiger partial charge in [-0.1, -0.05) is 24.5 Å². The molecule has 4 aliphatic rings. The fraction of sp³-hybridized carbons (Fsp3) is 0.700. The lowest BCUT2D eigenvalue weighted by atomic mass is 9.75. The number of hydrogen-bond acceptors (Lipinski definition) is 6. The third-order valence-corrected chi connectivity index (χ3v) is 7.84. The molecule has 0 radical (unpaired) electrons. The van der Waals surface area contributed by atoms with Crippen LogP contribution in [0.15, 0.2) is 17.8 Å². The minimum atomic E-state index is -0.797. The molecule has 3 N–H and O–H groups in total. The van der Waals surface area contributed by atoms with Crippen molar-refractivity contribution in [3.63, 3.8) is 0 Å². The molecular weight excluding hydrogens is 388 g/mol. The molecule has 4 fully saturated rings. The van der Waals surface area contributed by atoms with Gasteiger partial charge in [0.2, 0.25) is 5.91 Å². The van der Waals surface area contributed by atoms with Gasteiger partial charge in [0.25, 0.3) is 0 Å². The van der Waals surface area contributed by atoms with Gasteiger partial charge in [-0.3, -0.25) is 4.79 Å². The second-order valence-electron chi connectivity index (χ2n) is 8.94. The molecule has 3 saturated heterocycles. The Bertz CT molecular complexity index is 847. The number of amides is 1. The topological polar surface area (TPSA) is 97.4 Å². The van der Waals surface area contributed by atoms with Crippen LogP contribution >= 0.6 is 11.3 Å². The molecule has 1 saturated carbocycles. The number of piperidine rings is 3. The molecule has 6 rings (SSSR count). The molecule has 5 heterocycles. The Morgan fingerprint density at radius 2 is 2.24 bits per heavy atom. The van der Waals surface area contributed by atoms with Crippen molar-refractivity contribution in [2.24, 2.45) is 11.8 Å². The molecule has 0 aromatic carbocycles. The zero-order chi connectivity index (χ0) is 19.8. The molecular formula is C20H29N6O2S+. The lowest BCUT2D eigenvalue weighted by Gasteiger charge is -2.46. The standard InChI is InChI=1S/C20H28N6O2S/c27-18(22-19-21-7-9-29-19)16-12-25-8-4-14(16)10-15(25)11-26-13-17(23-24-26)20(28)5-2-1-3-6-20/h7,9,13-16,28H,1-6,8,10-12H2,(H,21,22,27)/p+1/t14-,15+,16-/m0/s1. The minimum absolute atomic E-state index is 0.0631. The van der Waals surface area contributed by atoms with E-state index in [4.69, 9.17) is 0 Å². The lowest BCUT2D eigenvalue weighted by Crippen LogP contribution is -3.20. The van der Waals surface area contributed by atoms with Gasteiger partial charge in [0.1, 0.15) is 17.3 Å². The Kier molecular flexibility index (Phi) is 5.13. The highest BCUT2D eigenvalue weighted by atomic mass is 32.1. The van der Waals surface area contributed by atoms with Crippen LogP contribution in [0.25, 0.3) is 0 Å². The van der Waals surface area contributed by atoms with Crippen molar-refractivity contribution in [3.8, 4) is 0 Å². The van der Waals surface area contributed by atoms with E-state index in [1.807, 2.05) is 16.3 Å². The highest BCUT2D eigenvalue weighted by Gasteiger charge is 2.47. The van der Waals surface area contributed by atoms with Crippen LogP contribution in [0.2, 0.25) is 0 Å². The zero-order valence-electron chi connectivity index (χ0n) is 16.6. The normalized spacial score (nSPS) is 30.9. The number of rotatable bonds is 5. The van der Waals surface area contributed by atoms with E-state index in [-0.39, 0.29) is 11.8 Å². The maximum atomic E-state index is 12.7. The minimum Gasteiger partial charge on any atom is -0.383 e. The van der Waals surface area contributed by atoms with Gasteiger partial charge in [0, 0.05) is 24.4 Å². The molecule has 2 bridgehead atoms. The number of nitrogens with one attached hydrogen (secondary N) is 2. The van der Waals surface area contributed by atoms with E-state index in [9.17, 15) is 9.90 Å². The number of quaternary nitrogens is 1. The maximum absolute atomic E-state index is 12.7. The van der Waals surface area contributed by atoms with Crippen LogP contribution in [0.5, 0.6) is 0 Å². The third-order valence-electron chi connectivity index (χ3n) is 7.15. The summed E-state index contributed by atoms with van der Waals surface area (Å²) < 4.78 is 1.91. The number of anilines is 1. The first kappa shape index (κ1) is 19.1. The van der Waals surface area contributed by atoms with Crippen molar-refractivity contribution in [1.29, 1.82) is 0 Å². The quantitative estimate of drug-likeness (QED) is 0.669. The first-order valence-electron chi connectivity index (χ1n) is 10.8. The number of aliphatic hydroxyl groups is 1. The van der Waals surface area contributed by atoms with Crippen molar-refractivity contribution >= 4 is 22.4 Å². The molecule has 4 atom stereocenters. The summed E-state index contributed by atoms with van der Waals surface area (Å²) >= 11 is 1.46. The second kappa shape index (κ2) is 7.77. The first-order chi connectivity index (χ1) is 14.1. The van der Waals surface area contributed by atoms with Crippen LogP contribution in [0, 0.1) is 11.8 Å². The summed E-state index contributed by atoms with van der Waals surface area (Å²) in [5, 5.41) is 25.1. The molecule has 156 valence electrons. The van der Waals surface area contributed by atoms with Crippen LogP contribution in [0.3, 0.4) is 0 Å². The van der Waals surface area contributed by atoms with E-state index in [1.165, 1.54) is 22.7 Å². The van der Waals surface area contributed by atoms with Gasteiger partial charge in [-0.2, -0.15) is 0 Å². The molecule has 0 spiro atoms. The van der Waals surface area contributed by atoms with Gasteiger partial charge >= 0.3 is 0 Å². The summed E-state index contributed by atoms with van der Waals surface area (Å²) in [4.78, 5) is 18.4. The largest absolute Gasteiger partial charge is 0.383 e. The third kappa shape index (κ3) is 3.83. The van der Waals surface area contributed by atoms with E-state index in [0.29, 0.717) is 17.1 Å². The van der Waals surface area contributed by atoms with Crippen LogP contribution in [-0.4, -0.2) is 50.1 Å². The van der Waals surface area contributed by atoms with E-state index < -0.39 is 5.60 Å². The van der Waals surface area contributed by atoms with Gasteiger partial charge in [0.05, 0.1) is 31.7 Å². The summed E-state index contributed by atoms with van der Waals surface area (Å²) in [6.45, 7) is 2.79. The zero-order valence-corrected chi connectivity index (χ0v) is 17.4. The van der Waals surface area contributed by atoms with E-state index >= 15 is 0 Å². The van der Waals surface area contributed by atoms with Crippen molar-refractivity contribution in [2.45, 2.75) is 63.1 Å². The van der Waals surface area contributed by atoms with Crippen molar-refractivity contribution < 1.29 is 14.8 Å². The monoisotopic (exact) mass is 417 g/mol. The number of carbonyl (C=O) groups excluding carboxylic acids is 1. The van der Waals surface area contributed by atoms with Gasteiger partial charge < -0.3 is 15.3 Å². The van der Waals surface area contributed by atoms with Crippen LogP contribution in [-0.2, 0) is 16.9 Å². The average molecular weight is 418 g/mol. The Morgan fingerprint density at radius 3 is 2.97 bits per heavy atom. The van der Waals surface area contributed by atoms with Crippen LogP contribution in [0.1, 0.15) is 50.6 Å². The van der Waals surface area contributed by atoms with E-state index in [1.54, 1.807) is 6.20 Å². The fourth-order valence-corrected chi connectivity index (χ4v) is 6.05. The van der Waals surface area contributed by atoms with Gasteiger partial charge in [-0.25, -0.2) is 9.67 Å². The smallest absolute Gasteiger partial charge is 0.235 e. The Balaban J connectivity index is 1.21. The predicted octanol–water partition coefficient (Wildman–Crippen LogP) is 0.818. The summed E-state index contributed by atoms with van der Waals surface area (Å²) in [6.07, 6.45) is 10.7. The second-order valence-corrected chi connectivity index (χ2v) is 9.84. The summed E-state index contributed by atoms with van der Waals surface area (Å²) in [5.41, 5.74) is -0.0716. The average Bonchev–Trinajstić information content (AvgIpc) is 3.41. The molecule has 29 heavy (non-hydrogen) atoms. The number of nitrogens with zero attached hydrogens (tertiary/aromatic N) is 4. The Morgan fingerprint density at radius 1 is 1.38 bits per heavy atom. The SMILES string of the molecule is O=C(Nc1nccs1)[C@H]1C[NH+]2CC[C@H]1C[C@@H]2Cn1cc(C2(O)CCCCC2)nn1. The number of aromatic nitrogens is 4. The first-order valence-corrected chi connectivity index (χ1v) is 11.7. The molecule has 1 aliphatic carbocycles. The number of fused-ring (bicyclic) bond motifs is 3. The summed E-state index contributed by atoms with van der Waals surface area (Å²) in [5.74, 6) is 0.597. The summed E-state index contributed by atoms with van der Waals surface area (Å²) in [6, 6.07) is 0.452. The van der Waals surface area contributed by atoms with Crippen molar-refractivity contribution in [3.05, 3.63) is 23.5 Å². The molecule has 1 unspecified atom stereocenters. The van der Waals surface area contributed by atoms with E-state index in [0.717, 1.165) is 63.9 Å². The molecule has 1 amide bonds. The molecule has 2 aromatic heterocycles. The van der Waals surface area contributed by atoms with Gasteiger partial charge in [-0.15, -0.1) is 16.4 Å². The highest BCUT2D eigenvalue weighted by Crippen LogP contribution is 2.35. The van der Waals surface area contributed by atoms with Gasteiger partial charge in [0.15, 0.2) is 5.13 Å². The number of thiazole rings is 1. The number of hydrogen-bond donors (Lipinski definition) is 3. The predicted molar refractivity (Wildman–Crippen MR) is 108 cm³/mol. The maximum Gasteiger partial charge on any atom is 0.235 e. The molecule has 3 aliphatic heterocycles. The van der Waals surface area contributed by atoms with E-state index in [2.05, 4.69) is 20.6 Å². The fourth-order valence-electron chi connectivity index (χ4n) is 5.52. The molecule has 9 heteroatoms. The molecule has 2 aromatic rings. The van der Waals surface area contributed by atoms with Crippen molar-refractivity contribution in [1.82, 2.24) is 20.0 Å². The van der Waals surface area contributed by atoms with Crippen LogP contribution in [0.4, 0.5) is 5.13 Å². The Labute approximate surface area is 174 Å². The number of carbonyl (C=O) groups is 1. The van der Waals surface area contributed by atoms with Crippen molar-refractivity contribution in [2.75, 3.05) is 18.4 Å². The Hall–Kier alpha value is -1.84. The molecule has 8 nitrogen and oxygen atoms in total. The highest BCUT2D eigenvalue weighted by molar-refractivity contribution is 7.13.